The average Bonchev–Trinajstić information content (AvgIpc) is 3.21. The molecule has 22 heavy (non-hydrogen) atoms. The number of methoxy groups -OCH3 is 1. The molecule has 0 saturated carbocycles. The van der Waals surface area contributed by atoms with E-state index in [-0.39, 0.29) is 17.4 Å². The molecule has 0 amide bonds. The highest BCUT2D eigenvalue weighted by Gasteiger charge is 2.23. The summed E-state index contributed by atoms with van der Waals surface area (Å²) in [5, 5.41) is 11.2. The molecule has 0 bridgehead atoms. The Morgan fingerprint density at radius 1 is 1.09 bits per heavy atom. The molecule has 0 aliphatic rings. The number of nitrogens with zero attached hydrogens (tertiary/aromatic N) is 1. The third-order valence-electron chi connectivity index (χ3n) is 3.60. The van der Waals surface area contributed by atoms with Crippen molar-refractivity contribution >= 4 is 5.69 Å². The van der Waals surface area contributed by atoms with Gasteiger partial charge in [-0.15, -0.1) is 0 Å². The molecule has 3 rings (SSSR count). The van der Waals surface area contributed by atoms with Crippen LogP contribution in [0.4, 0.5) is 5.69 Å². The van der Waals surface area contributed by atoms with E-state index < -0.39 is 4.92 Å². The van der Waals surface area contributed by atoms with E-state index in [0.717, 1.165) is 17.0 Å². The van der Waals surface area contributed by atoms with Crippen LogP contribution in [0.5, 0.6) is 5.75 Å². The van der Waals surface area contributed by atoms with E-state index in [1.807, 2.05) is 42.7 Å². The third-order valence-corrected chi connectivity index (χ3v) is 3.60. The number of hydrogen-bond acceptors (Lipinski definition) is 3. The molecule has 0 aliphatic heterocycles. The molecule has 1 aromatic carbocycles. The predicted molar refractivity (Wildman–Crippen MR) is 82.2 cm³/mol. The van der Waals surface area contributed by atoms with Gasteiger partial charge in [-0.05, 0) is 35.9 Å². The molecule has 0 spiro atoms. The lowest BCUT2D eigenvalue weighted by molar-refractivity contribution is -0.385. The maximum Gasteiger partial charge on any atom is 0.311 e. The Balaban J connectivity index is 2.13. The molecule has 2 N–H and O–H groups in total. The van der Waals surface area contributed by atoms with Crippen molar-refractivity contribution in [1.82, 2.24) is 9.97 Å². The van der Waals surface area contributed by atoms with E-state index in [4.69, 9.17) is 4.74 Å². The Kier molecular flexibility index (Phi) is 3.65. The molecule has 6 heteroatoms. The first kappa shape index (κ1) is 13.9. The lowest BCUT2D eigenvalue weighted by Gasteiger charge is -2.16. The second-order valence-electron chi connectivity index (χ2n) is 4.87. The zero-order chi connectivity index (χ0) is 15.5. The van der Waals surface area contributed by atoms with Gasteiger partial charge in [-0.25, -0.2) is 0 Å². The highest BCUT2D eigenvalue weighted by atomic mass is 16.6. The summed E-state index contributed by atoms with van der Waals surface area (Å²) in [6.07, 6.45) is 3.67. The summed E-state index contributed by atoms with van der Waals surface area (Å²) < 4.78 is 5.07. The van der Waals surface area contributed by atoms with Crippen LogP contribution < -0.4 is 4.74 Å². The van der Waals surface area contributed by atoms with Crippen LogP contribution in [-0.4, -0.2) is 22.0 Å². The largest absolute Gasteiger partial charge is 0.490 e. The highest BCUT2D eigenvalue weighted by Crippen LogP contribution is 2.35. The maximum atomic E-state index is 11.2. The summed E-state index contributed by atoms with van der Waals surface area (Å²) in [6, 6.07) is 12.8. The highest BCUT2D eigenvalue weighted by molar-refractivity contribution is 5.52. The van der Waals surface area contributed by atoms with Crippen molar-refractivity contribution < 1.29 is 9.66 Å². The number of rotatable bonds is 5. The molecule has 112 valence electrons. The molecule has 0 fully saturated rings. The van der Waals surface area contributed by atoms with Gasteiger partial charge in [0.15, 0.2) is 5.75 Å². The minimum absolute atomic E-state index is 0.0388. The molecular weight excluding hydrogens is 282 g/mol. The first-order valence-electron chi connectivity index (χ1n) is 6.79. The fourth-order valence-electron chi connectivity index (χ4n) is 2.60. The smallest absolute Gasteiger partial charge is 0.311 e. The van der Waals surface area contributed by atoms with E-state index in [1.54, 1.807) is 12.1 Å². The van der Waals surface area contributed by atoms with Gasteiger partial charge in [-0.1, -0.05) is 6.07 Å². The van der Waals surface area contributed by atoms with E-state index in [2.05, 4.69) is 9.97 Å². The SMILES string of the molecule is COc1ccc(C(c2ccc[nH]2)c2ccc[nH]2)cc1[N+](=O)[O-]. The molecule has 0 aliphatic carbocycles. The van der Waals surface area contributed by atoms with Crippen LogP contribution in [0.25, 0.3) is 0 Å². The van der Waals surface area contributed by atoms with E-state index in [1.165, 1.54) is 7.11 Å². The Labute approximate surface area is 126 Å². The van der Waals surface area contributed by atoms with E-state index >= 15 is 0 Å². The zero-order valence-corrected chi connectivity index (χ0v) is 11.9. The van der Waals surface area contributed by atoms with Crippen LogP contribution in [-0.2, 0) is 0 Å². The minimum Gasteiger partial charge on any atom is -0.490 e. The number of aromatic nitrogens is 2. The number of nitro benzene ring substituents is 1. The Bertz CT molecular complexity index is 730. The Hall–Kier alpha value is -3.02. The predicted octanol–water partition coefficient (Wildman–Crippen LogP) is 3.44. The van der Waals surface area contributed by atoms with Crippen molar-refractivity contribution in [3.05, 3.63) is 81.9 Å². The third kappa shape index (κ3) is 2.46. The quantitative estimate of drug-likeness (QED) is 0.559. The summed E-state index contributed by atoms with van der Waals surface area (Å²) >= 11 is 0. The molecule has 0 unspecified atom stereocenters. The van der Waals surface area contributed by atoms with Gasteiger partial charge in [0.2, 0.25) is 0 Å². The zero-order valence-electron chi connectivity index (χ0n) is 11.9. The van der Waals surface area contributed by atoms with Gasteiger partial charge in [0.25, 0.3) is 0 Å². The molecule has 0 radical (unpaired) electrons. The minimum atomic E-state index is -0.428. The van der Waals surface area contributed by atoms with Gasteiger partial charge in [0.1, 0.15) is 0 Å². The second kappa shape index (κ2) is 5.77. The molecule has 0 saturated heterocycles. The number of benzene rings is 1. The van der Waals surface area contributed by atoms with Gasteiger partial charge in [-0.3, -0.25) is 10.1 Å². The number of hydrogen-bond donors (Lipinski definition) is 2. The van der Waals surface area contributed by atoms with Gasteiger partial charge < -0.3 is 14.7 Å². The standard InChI is InChI=1S/C16H15N3O3/c1-22-15-7-6-11(10-14(15)19(20)21)16(12-4-2-8-17-12)13-5-3-9-18-13/h2-10,16-18H,1H3. The summed E-state index contributed by atoms with van der Waals surface area (Å²) in [7, 11) is 1.43. The van der Waals surface area contributed by atoms with Crippen molar-refractivity contribution in [1.29, 1.82) is 0 Å². The van der Waals surface area contributed by atoms with Crippen molar-refractivity contribution in [2.24, 2.45) is 0 Å². The van der Waals surface area contributed by atoms with Crippen molar-refractivity contribution in [3.63, 3.8) is 0 Å². The van der Waals surface area contributed by atoms with Crippen LogP contribution in [0.1, 0.15) is 22.9 Å². The van der Waals surface area contributed by atoms with Crippen LogP contribution in [0, 0.1) is 10.1 Å². The van der Waals surface area contributed by atoms with Gasteiger partial charge in [0.05, 0.1) is 18.0 Å². The number of aromatic amines is 2. The molecule has 0 atom stereocenters. The van der Waals surface area contributed by atoms with Crippen LogP contribution in [0.3, 0.4) is 0 Å². The molecule has 2 heterocycles. The Morgan fingerprint density at radius 3 is 2.18 bits per heavy atom. The lowest BCUT2D eigenvalue weighted by Crippen LogP contribution is -2.05. The molecular formula is C16H15N3O3. The van der Waals surface area contributed by atoms with Gasteiger partial charge >= 0.3 is 5.69 Å². The number of nitrogens with one attached hydrogen (secondary N) is 2. The van der Waals surface area contributed by atoms with E-state index in [0.29, 0.717) is 0 Å². The summed E-state index contributed by atoms with van der Waals surface area (Å²) in [5.41, 5.74) is 2.70. The van der Waals surface area contributed by atoms with E-state index in [9.17, 15) is 10.1 Å². The molecule has 2 aromatic heterocycles. The van der Waals surface area contributed by atoms with Gasteiger partial charge in [0, 0.05) is 29.8 Å². The molecule has 3 aromatic rings. The average molecular weight is 297 g/mol. The van der Waals surface area contributed by atoms with Gasteiger partial charge in [-0.2, -0.15) is 0 Å². The fourth-order valence-corrected chi connectivity index (χ4v) is 2.60. The van der Waals surface area contributed by atoms with Crippen molar-refractivity contribution in [2.45, 2.75) is 5.92 Å². The summed E-state index contributed by atoms with van der Waals surface area (Å²) in [5.74, 6) is 0.125. The number of H-pyrrole nitrogens is 2. The maximum absolute atomic E-state index is 11.2. The first-order valence-corrected chi connectivity index (χ1v) is 6.79. The topological polar surface area (TPSA) is 84.0 Å². The number of nitro groups is 1. The summed E-state index contributed by atoms with van der Waals surface area (Å²) in [4.78, 5) is 17.2. The Morgan fingerprint density at radius 2 is 1.73 bits per heavy atom. The van der Waals surface area contributed by atoms with Crippen molar-refractivity contribution in [2.75, 3.05) is 7.11 Å². The van der Waals surface area contributed by atoms with Crippen LogP contribution in [0.15, 0.2) is 54.9 Å². The second-order valence-corrected chi connectivity index (χ2v) is 4.87. The van der Waals surface area contributed by atoms with Crippen LogP contribution >= 0.6 is 0 Å². The van der Waals surface area contributed by atoms with Crippen LogP contribution in [0.2, 0.25) is 0 Å². The summed E-state index contributed by atoms with van der Waals surface area (Å²) in [6.45, 7) is 0. The molecule has 6 nitrogen and oxygen atoms in total. The lowest BCUT2D eigenvalue weighted by atomic mass is 9.92. The first-order chi connectivity index (χ1) is 10.7. The fraction of sp³-hybridized carbons (Fsp3) is 0.125. The monoisotopic (exact) mass is 297 g/mol. The van der Waals surface area contributed by atoms with Crippen molar-refractivity contribution in [3.8, 4) is 5.75 Å². The number of ether oxygens (including phenoxy) is 1. The normalized spacial score (nSPS) is 10.8.